The summed E-state index contributed by atoms with van der Waals surface area (Å²) in [5.74, 6) is 0.164. The van der Waals surface area contributed by atoms with E-state index in [0.717, 1.165) is 22.4 Å². The van der Waals surface area contributed by atoms with Gasteiger partial charge in [-0.3, -0.25) is 0 Å². The van der Waals surface area contributed by atoms with Gasteiger partial charge in [0.15, 0.2) is 0 Å². The van der Waals surface area contributed by atoms with Gasteiger partial charge in [0, 0.05) is 22.7 Å². The molecule has 2 atom stereocenters. The van der Waals surface area contributed by atoms with Crippen LogP contribution in [0.3, 0.4) is 0 Å². The Morgan fingerprint density at radius 1 is 1.22 bits per heavy atom. The molecule has 2 heteroatoms. The molecule has 92 valence electrons. The second-order valence-corrected chi connectivity index (χ2v) is 5.42. The van der Waals surface area contributed by atoms with Crippen LogP contribution in [0.2, 0.25) is 0 Å². The normalized spacial score (nSPS) is 29.2. The molecule has 2 nitrogen and oxygen atoms in total. The lowest BCUT2D eigenvalue weighted by Crippen LogP contribution is -2.45. The van der Waals surface area contributed by atoms with Crippen LogP contribution in [-0.2, 0) is 5.54 Å². The van der Waals surface area contributed by atoms with Crippen molar-refractivity contribution in [3.63, 3.8) is 0 Å². The number of aryl methyl sites for hydroxylation is 1. The molecule has 2 unspecified atom stereocenters. The second-order valence-electron chi connectivity index (χ2n) is 5.42. The van der Waals surface area contributed by atoms with Gasteiger partial charge < -0.3 is 11.5 Å². The lowest BCUT2D eigenvalue weighted by Gasteiger charge is -2.41. The maximum absolute atomic E-state index is 6.60. The third-order valence-corrected chi connectivity index (χ3v) is 4.03. The van der Waals surface area contributed by atoms with E-state index in [1.807, 2.05) is 12.2 Å². The summed E-state index contributed by atoms with van der Waals surface area (Å²) in [4.78, 5) is 0. The molecule has 0 radical (unpaired) electrons. The van der Waals surface area contributed by atoms with Gasteiger partial charge in [-0.05, 0) is 25.0 Å². The molecule has 4 N–H and O–H groups in total. The summed E-state index contributed by atoms with van der Waals surface area (Å²) in [6.07, 6.45) is 8.29. The number of fused-ring (bicyclic) bond motifs is 2. The van der Waals surface area contributed by atoms with E-state index in [1.165, 1.54) is 5.56 Å². The van der Waals surface area contributed by atoms with Crippen molar-refractivity contribution >= 4 is 5.70 Å². The van der Waals surface area contributed by atoms with Gasteiger partial charge in [0.2, 0.25) is 0 Å². The highest BCUT2D eigenvalue weighted by Gasteiger charge is 2.39. The number of nitrogens with two attached hydrogens (primary N) is 2. The van der Waals surface area contributed by atoms with Crippen molar-refractivity contribution in [1.82, 2.24) is 0 Å². The first-order valence-corrected chi connectivity index (χ1v) is 6.26. The molecule has 1 aromatic carbocycles. The maximum atomic E-state index is 6.60. The van der Waals surface area contributed by atoms with E-state index in [1.54, 1.807) is 0 Å². The number of allylic oxidation sites excluding steroid dienone is 3. The van der Waals surface area contributed by atoms with E-state index < -0.39 is 5.54 Å². The minimum atomic E-state index is -0.402. The van der Waals surface area contributed by atoms with E-state index in [9.17, 15) is 0 Å². The molecular formula is C16H18N2. The molecule has 0 saturated carbocycles. The van der Waals surface area contributed by atoms with Crippen LogP contribution in [0.5, 0.6) is 0 Å². The lowest BCUT2D eigenvalue weighted by molar-refractivity contribution is 0.399. The minimum absolute atomic E-state index is 0.164. The molecular weight excluding hydrogens is 220 g/mol. The van der Waals surface area contributed by atoms with Crippen LogP contribution in [0.25, 0.3) is 5.70 Å². The molecule has 0 amide bonds. The SMILES string of the molecule is Cc1ccc2c(c1)C(C)(N)C1C=CC=CC1=C2N. The summed E-state index contributed by atoms with van der Waals surface area (Å²) in [5, 5.41) is 0. The average molecular weight is 238 g/mol. The van der Waals surface area contributed by atoms with Crippen molar-refractivity contribution in [3.8, 4) is 0 Å². The Kier molecular flexibility index (Phi) is 2.26. The van der Waals surface area contributed by atoms with Gasteiger partial charge in [-0.25, -0.2) is 0 Å². The summed E-state index contributed by atoms with van der Waals surface area (Å²) in [6.45, 7) is 4.17. The van der Waals surface area contributed by atoms with Crippen LogP contribution >= 0.6 is 0 Å². The van der Waals surface area contributed by atoms with Crippen LogP contribution in [0, 0.1) is 12.8 Å². The van der Waals surface area contributed by atoms with Gasteiger partial charge in [-0.1, -0.05) is 48.1 Å². The monoisotopic (exact) mass is 238 g/mol. The highest BCUT2D eigenvalue weighted by Crippen LogP contribution is 2.44. The lowest BCUT2D eigenvalue weighted by atomic mass is 9.68. The highest BCUT2D eigenvalue weighted by molar-refractivity contribution is 5.76. The molecule has 0 spiro atoms. The maximum Gasteiger partial charge on any atom is 0.0493 e. The zero-order valence-corrected chi connectivity index (χ0v) is 10.8. The summed E-state index contributed by atoms with van der Waals surface area (Å²) in [5.41, 5.74) is 18.0. The van der Waals surface area contributed by atoms with Crippen molar-refractivity contribution < 1.29 is 0 Å². The van der Waals surface area contributed by atoms with Crippen molar-refractivity contribution in [2.45, 2.75) is 19.4 Å². The van der Waals surface area contributed by atoms with Gasteiger partial charge in [0.1, 0.15) is 0 Å². The molecule has 2 aliphatic carbocycles. The fourth-order valence-corrected chi connectivity index (χ4v) is 2.98. The summed E-state index contributed by atoms with van der Waals surface area (Å²) in [7, 11) is 0. The molecule has 3 rings (SSSR count). The van der Waals surface area contributed by atoms with Gasteiger partial charge in [-0.2, -0.15) is 0 Å². The molecule has 18 heavy (non-hydrogen) atoms. The van der Waals surface area contributed by atoms with E-state index in [-0.39, 0.29) is 5.92 Å². The fraction of sp³-hybridized carbons (Fsp3) is 0.250. The summed E-state index contributed by atoms with van der Waals surface area (Å²) >= 11 is 0. The Morgan fingerprint density at radius 2 is 2.00 bits per heavy atom. The summed E-state index contributed by atoms with van der Waals surface area (Å²) in [6, 6.07) is 6.33. The molecule has 0 fully saturated rings. The minimum Gasteiger partial charge on any atom is -0.398 e. The smallest absolute Gasteiger partial charge is 0.0493 e. The van der Waals surface area contributed by atoms with Crippen LogP contribution < -0.4 is 11.5 Å². The zero-order valence-electron chi connectivity index (χ0n) is 10.8. The van der Waals surface area contributed by atoms with Gasteiger partial charge in [0.25, 0.3) is 0 Å². The number of rotatable bonds is 0. The van der Waals surface area contributed by atoms with Crippen molar-refractivity contribution in [1.29, 1.82) is 0 Å². The third-order valence-electron chi connectivity index (χ3n) is 4.03. The molecule has 0 aliphatic heterocycles. The van der Waals surface area contributed by atoms with Crippen LogP contribution in [0.4, 0.5) is 0 Å². The second kappa shape index (κ2) is 3.59. The van der Waals surface area contributed by atoms with Gasteiger partial charge in [-0.15, -0.1) is 0 Å². The van der Waals surface area contributed by atoms with E-state index in [0.29, 0.717) is 0 Å². The highest BCUT2D eigenvalue weighted by atomic mass is 14.8. The molecule has 0 aromatic heterocycles. The van der Waals surface area contributed by atoms with Crippen molar-refractivity contribution in [3.05, 3.63) is 64.8 Å². The summed E-state index contributed by atoms with van der Waals surface area (Å²) < 4.78 is 0. The first-order valence-electron chi connectivity index (χ1n) is 6.26. The van der Waals surface area contributed by atoms with E-state index >= 15 is 0 Å². The predicted octanol–water partition coefficient (Wildman–Crippen LogP) is 2.59. The molecule has 0 heterocycles. The zero-order chi connectivity index (χ0) is 12.9. The Balaban J connectivity index is 2.33. The van der Waals surface area contributed by atoms with Crippen LogP contribution in [-0.4, -0.2) is 0 Å². The van der Waals surface area contributed by atoms with Crippen LogP contribution in [0.15, 0.2) is 48.1 Å². The molecule has 0 saturated heterocycles. The Labute approximate surface area is 108 Å². The third kappa shape index (κ3) is 1.39. The first-order chi connectivity index (χ1) is 8.51. The van der Waals surface area contributed by atoms with Crippen molar-refractivity contribution in [2.24, 2.45) is 17.4 Å². The largest absolute Gasteiger partial charge is 0.398 e. The topological polar surface area (TPSA) is 52.0 Å². The van der Waals surface area contributed by atoms with Gasteiger partial charge in [0.05, 0.1) is 0 Å². The van der Waals surface area contributed by atoms with E-state index in [2.05, 4.69) is 44.2 Å². The average Bonchev–Trinajstić information content (AvgIpc) is 2.36. The van der Waals surface area contributed by atoms with Crippen LogP contribution in [0.1, 0.15) is 23.6 Å². The van der Waals surface area contributed by atoms with Crippen molar-refractivity contribution in [2.75, 3.05) is 0 Å². The standard InChI is InChI=1S/C16H18N2/c1-10-7-8-12-14(9-10)16(2,18)13-6-4-3-5-11(13)15(12)17/h3-9,13H,17-18H2,1-2H3. The molecule has 0 bridgehead atoms. The predicted molar refractivity (Wildman–Crippen MR) is 75.6 cm³/mol. The Bertz CT molecular complexity index is 604. The quantitative estimate of drug-likeness (QED) is 0.730. The Morgan fingerprint density at radius 3 is 2.78 bits per heavy atom. The number of benzene rings is 1. The Hall–Kier alpha value is -1.80. The van der Waals surface area contributed by atoms with Gasteiger partial charge >= 0.3 is 0 Å². The number of hydrogen-bond donors (Lipinski definition) is 2. The first kappa shape index (κ1) is 11.3. The van der Waals surface area contributed by atoms with E-state index in [4.69, 9.17) is 11.5 Å². The molecule has 1 aromatic rings. The number of hydrogen-bond acceptors (Lipinski definition) is 2. The fourth-order valence-electron chi connectivity index (χ4n) is 2.98. The molecule has 2 aliphatic rings.